The van der Waals surface area contributed by atoms with Crippen LogP contribution in [-0.2, 0) is 19.6 Å². The minimum Gasteiger partial charge on any atom is -0.354 e. The van der Waals surface area contributed by atoms with Crippen molar-refractivity contribution in [3.63, 3.8) is 0 Å². The van der Waals surface area contributed by atoms with Gasteiger partial charge in [-0.05, 0) is 74.3 Å². The summed E-state index contributed by atoms with van der Waals surface area (Å²) in [5.41, 5.74) is 4.81. The van der Waals surface area contributed by atoms with E-state index in [1.165, 1.54) is 11.4 Å². The zero-order valence-corrected chi connectivity index (χ0v) is 25.9. The molecule has 9 nitrogen and oxygen atoms in total. The van der Waals surface area contributed by atoms with Crippen LogP contribution in [0.1, 0.15) is 18.1 Å². The van der Waals surface area contributed by atoms with Gasteiger partial charge in [-0.1, -0.05) is 48.5 Å². The summed E-state index contributed by atoms with van der Waals surface area (Å²) in [4.78, 5) is 29.8. The van der Waals surface area contributed by atoms with E-state index in [0.717, 1.165) is 23.5 Å². The van der Waals surface area contributed by atoms with Crippen molar-refractivity contribution in [3.8, 4) is 0 Å². The van der Waals surface area contributed by atoms with Crippen molar-refractivity contribution in [2.75, 3.05) is 54.1 Å². The third-order valence-corrected chi connectivity index (χ3v) is 9.22. The lowest BCUT2D eigenvalue weighted by molar-refractivity contribution is -0.116. The summed E-state index contributed by atoms with van der Waals surface area (Å²) in [6, 6.07) is 30.3. The predicted octanol–water partition coefficient (Wildman–Crippen LogP) is 5.36. The zero-order valence-electron chi connectivity index (χ0n) is 25.1. The minimum absolute atomic E-state index is 0.0473. The number of carbonyl (C=O) groups is 2. The summed E-state index contributed by atoms with van der Waals surface area (Å²) in [5, 5.41) is 6.36. The SMILES string of the molecule is CC(=O)N(CCN(C)C)c1ccc(N/C(=C2\C(=O)Nc3ccc(N(C)S(=O)(=O)c4ccccc4)cc32)c2ccccc2)cc1. The molecule has 10 heteroatoms. The molecular weight excluding hydrogens is 574 g/mol. The second-order valence-corrected chi connectivity index (χ2v) is 12.7. The minimum atomic E-state index is -3.82. The fourth-order valence-electron chi connectivity index (χ4n) is 5.01. The molecular formula is C34H35N5O4S. The molecule has 0 unspecified atom stereocenters. The van der Waals surface area contributed by atoms with E-state index in [4.69, 9.17) is 0 Å². The van der Waals surface area contributed by atoms with Crippen LogP contribution in [0.4, 0.5) is 22.7 Å². The van der Waals surface area contributed by atoms with Gasteiger partial charge in [-0.25, -0.2) is 8.42 Å². The third-order valence-electron chi connectivity index (χ3n) is 7.42. The fraction of sp³-hybridized carbons (Fsp3) is 0.176. The van der Waals surface area contributed by atoms with Crippen LogP contribution in [0.25, 0.3) is 11.3 Å². The van der Waals surface area contributed by atoms with Crippen LogP contribution in [-0.4, -0.2) is 59.4 Å². The summed E-state index contributed by atoms with van der Waals surface area (Å²) in [5.74, 6) is -0.353. The molecule has 2 amide bonds. The number of hydrogen-bond acceptors (Lipinski definition) is 6. The average Bonchev–Trinajstić information content (AvgIpc) is 3.35. The molecule has 0 radical (unpaired) electrons. The first kappa shape index (κ1) is 30.5. The van der Waals surface area contributed by atoms with Crippen LogP contribution < -0.4 is 19.8 Å². The lowest BCUT2D eigenvalue weighted by Crippen LogP contribution is -2.35. The van der Waals surface area contributed by atoms with Gasteiger partial charge >= 0.3 is 0 Å². The van der Waals surface area contributed by atoms with Gasteiger partial charge in [0.05, 0.1) is 21.9 Å². The molecule has 2 N–H and O–H groups in total. The first-order chi connectivity index (χ1) is 21.1. The number of nitrogens with one attached hydrogen (secondary N) is 2. The van der Waals surface area contributed by atoms with Crippen molar-refractivity contribution in [1.82, 2.24) is 4.90 Å². The Kier molecular flexibility index (Phi) is 8.84. The quantitative estimate of drug-likeness (QED) is 0.235. The Morgan fingerprint density at radius 3 is 2.02 bits per heavy atom. The molecule has 0 atom stereocenters. The number of anilines is 4. The summed E-state index contributed by atoms with van der Waals surface area (Å²) >= 11 is 0. The van der Waals surface area contributed by atoms with E-state index in [2.05, 4.69) is 10.6 Å². The molecule has 0 fully saturated rings. The van der Waals surface area contributed by atoms with Crippen molar-refractivity contribution in [2.24, 2.45) is 0 Å². The highest BCUT2D eigenvalue weighted by Crippen LogP contribution is 2.40. The monoisotopic (exact) mass is 609 g/mol. The Labute approximate surface area is 258 Å². The Morgan fingerprint density at radius 1 is 0.795 bits per heavy atom. The third kappa shape index (κ3) is 6.36. The van der Waals surface area contributed by atoms with Crippen LogP contribution in [0.3, 0.4) is 0 Å². The normalized spacial score (nSPS) is 13.7. The topological polar surface area (TPSA) is 102 Å². The molecule has 44 heavy (non-hydrogen) atoms. The Morgan fingerprint density at radius 2 is 1.41 bits per heavy atom. The van der Waals surface area contributed by atoms with E-state index in [1.54, 1.807) is 60.4 Å². The van der Waals surface area contributed by atoms with Crippen molar-refractivity contribution in [3.05, 3.63) is 114 Å². The lowest BCUT2D eigenvalue weighted by Gasteiger charge is -2.23. The van der Waals surface area contributed by atoms with Crippen LogP contribution in [0, 0.1) is 0 Å². The van der Waals surface area contributed by atoms with Gasteiger partial charge in [0.15, 0.2) is 0 Å². The van der Waals surface area contributed by atoms with Crippen molar-refractivity contribution >= 4 is 55.9 Å². The second-order valence-electron chi connectivity index (χ2n) is 10.7. The number of hydrogen-bond donors (Lipinski definition) is 2. The van der Waals surface area contributed by atoms with Gasteiger partial charge in [0, 0.05) is 49.7 Å². The maximum atomic E-state index is 13.5. The molecule has 5 rings (SSSR count). The molecule has 1 aliphatic heterocycles. The number of rotatable bonds is 10. The maximum absolute atomic E-state index is 13.5. The Bertz CT molecular complexity index is 1810. The van der Waals surface area contributed by atoms with Gasteiger partial charge in [-0.15, -0.1) is 0 Å². The number of fused-ring (bicyclic) bond motifs is 1. The van der Waals surface area contributed by atoms with E-state index < -0.39 is 10.0 Å². The van der Waals surface area contributed by atoms with Gasteiger partial charge in [-0.3, -0.25) is 13.9 Å². The predicted molar refractivity (Wildman–Crippen MR) is 177 cm³/mol. The number of sulfonamides is 1. The highest BCUT2D eigenvalue weighted by molar-refractivity contribution is 7.92. The van der Waals surface area contributed by atoms with Crippen LogP contribution in [0.15, 0.2) is 108 Å². The molecule has 0 saturated heterocycles. The second kappa shape index (κ2) is 12.7. The van der Waals surface area contributed by atoms with Crippen LogP contribution in [0.2, 0.25) is 0 Å². The number of amides is 2. The van der Waals surface area contributed by atoms with Gasteiger partial charge in [-0.2, -0.15) is 0 Å². The standard InChI is InChI=1S/C34H35N5O4S/c1-24(40)39(22-21-37(2)3)27-17-15-26(16-18-27)35-33(25-11-7-5-8-12-25)32-30-23-28(19-20-31(30)36-34(32)41)38(4)44(42,43)29-13-9-6-10-14-29/h5-20,23,35H,21-22H2,1-4H3,(H,36,41)/b33-32-. The summed E-state index contributed by atoms with van der Waals surface area (Å²) in [6.07, 6.45) is 0. The molecule has 0 saturated carbocycles. The van der Waals surface area contributed by atoms with Crippen LogP contribution in [0.5, 0.6) is 0 Å². The highest BCUT2D eigenvalue weighted by Gasteiger charge is 2.30. The molecule has 1 aliphatic rings. The number of likely N-dealkylation sites (N-methyl/N-ethyl adjacent to an activating group) is 1. The molecule has 0 spiro atoms. The average molecular weight is 610 g/mol. The molecule has 4 aromatic carbocycles. The smallest absolute Gasteiger partial charge is 0.264 e. The fourth-order valence-corrected chi connectivity index (χ4v) is 6.22. The molecule has 1 heterocycles. The van der Waals surface area contributed by atoms with E-state index in [1.807, 2.05) is 73.6 Å². The number of nitrogens with zero attached hydrogens (tertiary/aromatic N) is 3. The zero-order chi connectivity index (χ0) is 31.4. The first-order valence-electron chi connectivity index (χ1n) is 14.2. The molecule has 0 bridgehead atoms. The van der Waals surface area contributed by atoms with E-state index in [0.29, 0.717) is 34.8 Å². The summed E-state index contributed by atoms with van der Waals surface area (Å²) in [6.45, 7) is 2.83. The maximum Gasteiger partial charge on any atom is 0.264 e. The first-order valence-corrected chi connectivity index (χ1v) is 15.6. The molecule has 0 aromatic heterocycles. The largest absolute Gasteiger partial charge is 0.354 e. The Balaban J connectivity index is 1.54. The number of benzene rings is 4. The Hall–Kier alpha value is -4.93. The molecule has 4 aromatic rings. The van der Waals surface area contributed by atoms with Gasteiger partial charge in [0.2, 0.25) is 5.91 Å². The van der Waals surface area contributed by atoms with E-state index in [9.17, 15) is 18.0 Å². The van der Waals surface area contributed by atoms with Crippen molar-refractivity contribution in [1.29, 1.82) is 0 Å². The molecule has 226 valence electrons. The lowest BCUT2D eigenvalue weighted by atomic mass is 9.99. The summed E-state index contributed by atoms with van der Waals surface area (Å²) in [7, 11) is 1.60. The van der Waals surface area contributed by atoms with E-state index >= 15 is 0 Å². The van der Waals surface area contributed by atoms with Crippen LogP contribution >= 0.6 is 0 Å². The van der Waals surface area contributed by atoms with Crippen molar-refractivity contribution < 1.29 is 18.0 Å². The van der Waals surface area contributed by atoms with Gasteiger partial charge in [0.1, 0.15) is 0 Å². The molecule has 0 aliphatic carbocycles. The summed E-state index contributed by atoms with van der Waals surface area (Å²) < 4.78 is 27.9. The number of carbonyl (C=O) groups excluding carboxylic acids is 2. The van der Waals surface area contributed by atoms with Gasteiger partial charge in [0.25, 0.3) is 15.9 Å². The van der Waals surface area contributed by atoms with Gasteiger partial charge < -0.3 is 20.4 Å². The highest BCUT2D eigenvalue weighted by atomic mass is 32.2. The van der Waals surface area contributed by atoms with E-state index in [-0.39, 0.29) is 16.7 Å². The van der Waals surface area contributed by atoms with Crippen molar-refractivity contribution in [2.45, 2.75) is 11.8 Å².